The van der Waals surface area contributed by atoms with Crippen LogP contribution in [0.4, 0.5) is 0 Å². The van der Waals surface area contributed by atoms with Crippen LogP contribution in [0.1, 0.15) is 34.3 Å². The quantitative estimate of drug-likeness (QED) is 0.123. The average molecular weight is 1670 g/mol. The molecule has 2 unspecified atom stereocenters. The summed E-state index contributed by atoms with van der Waals surface area (Å²) < 4.78 is 0. The largest absolute Gasteiger partial charge is 0.326 e. The van der Waals surface area contributed by atoms with Crippen molar-refractivity contribution >= 4 is 178 Å². The number of carboxylic acid groups (broad SMARTS) is 1. The first kappa shape index (κ1) is 61.4. The molecule has 0 radical (unpaired) electrons. The van der Waals surface area contributed by atoms with Crippen molar-refractivity contribution in [2.24, 2.45) is 5.73 Å². The molecular weight excluding hydrogens is 1610 g/mol. The molecule has 2 aliphatic rings. The number of amides is 1. The number of rotatable bonds is 9. The number of benzene rings is 6. The molecule has 0 aromatic heterocycles. The Kier molecular flexibility index (Phi) is 30.3. The minimum absolute atomic E-state index is 0. The molecule has 8 rings (SSSR count). The number of fused-ring (bicyclic) bond motifs is 2. The Morgan fingerprint density at radius 3 is 1.37 bits per heavy atom. The van der Waals surface area contributed by atoms with E-state index in [1.54, 1.807) is 24.3 Å². The Hall–Kier alpha value is 0.120. The number of hydrogen-bond donors (Lipinski definition) is 3. The zero-order valence-corrected chi connectivity index (χ0v) is 52.9. The van der Waals surface area contributed by atoms with Crippen LogP contribution < -0.4 is 24.3 Å². The molecule has 0 spiro atoms. The van der Waals surface area contributed by atoms with Gasteiger partial charge in [0.2, 0.25) is 5.91 Å². The van der Waals surface area contributed by atoms with Gasteiger partial charge in [-0.2, -0.15) is 0 Å². The maximum atomic E-state index is 13.5. The van der Waals surface area contributed by atoms with Crippen LogP contribution in [0.15, 0.2) is 121 Å². The molecule has 1 amide bonds. The maximum Gasteiger partial charge on any atom is 0.0424 e. The summed E-state index contributed by atoms with van der Waals surface area (Å²) in [6.45, 7) is 7.84. The molecule has 0 bridgehead atoms. The Morgan fingerprint density at radius 1 is 0.612 bits per heavy atom. The van der Waals surface area contributed by atoms with E-state index < -0.39 is 12.0 Å². The number of aliphatic carboxylic acids is 1. The summed E-state index contributed by atoms with van der Waals surface area (Å²) in [6, 6.07) is 38.1. The average Bonchev–Trinajstić information content (AvgIpc) is 3.30. The zero-order valence-electron chi connectivity index (χ0n) is 36.7. The zero-order chi connectivity index (χ0) is 48.2. The van der Waals surface area contributed by atoms with Crippen molar-refractivity contribution in [2.75, 3.05) is 66.5 Å². The molecule has 6 aromatic carbocycles. The normalized spacial score (nSPS) is 15.1. The van der Waals surface area contributed by atoms with E-state index in [2.05, 4.69) is 138 Å². The van der Waals surface area contributed by atoms with E-state index in [0.29, 0.717) is 46.4 Å². The van der Waals surface area contributed by atoms with Crippen LogP contribution in [0.25, 0.3) is 21.5 Å². The van der Waals surface area contributed by atoms with Crippen molar-refractivity contribution in [1.82, 2.24) is 24.9 Å². The Labute approximate surface area is 485 Å². The van der Waals surface area contributed by atoms with Gasteiger partial charge in [0.05, 0.1) is 0 Å². The summed E-state index contributed by atoms with van der Waals surface area (Å²) in [5.74, 6) is -0.775. The fourth-order valence-electron chi connectivity index (χ4n) is 7.86. The number of carbonyl (C=O) groups excluding carboxylic acids is 1. The van der Waals surface area contributed by atoms with Gasteiger partial charge in [0.15, 0.2) is 0 Å². The Morgan fingerprint density at radius 2 is 0.970 bits per heavy atom. The second-order valence-electron chi connectivity index (χ2n) is 15.5. The van der Waals surface area contributed by atoms with E-state index in [1.165, 1.54) is 0 Å². The molecule has 0 aliphatic carbocycles. The van der Waals surface area contributed by atoms with Crippen LogP contribution in [0.5, 0.6) is 0 Å². The first-order chi connectivity index (χ1) is 31.8. The first-order valence-electron chi connectivity index (χ1n) is 20.7. The maximum absolute atomic E-state index is 13.5. The van der Waals surface area contributed by atoms with Crippen LogP contribution >= 0.6 is 145 Å². The molecule has 2 saturated heterocycles. The topological polar surface area (TPSA) is 105 Å². The van der Waals surface area contributed by atoms with E-state index in [1.807, 2.05) is 72.8 Å². The van der Waals surface area contributed by atoms with E-state index in [9.17, 15) is 14.7 Å². The summed E-state index contributed by atoms with van der Waals surface area (Å²) >= 11 is 33.1. The van der Waals surface area contributed by atoms with Gasteiger partial charge in [-0.15, -0.1) is 24.0 Å². The number of nitrogens with one attached hydrogen (secondary N) is 1. The smallest absolute Gasteiger partial charge is 0.0424 e. The van der Waals surface area contributed by atoms with Gasteiger partial charge in [0, 0.05) is 123 Å². The van der Waals surface area contributed by atoms with E-state index in [4.69, 9.17) is 52.1 Å². The van der Waals surface area contributed by atoms with Gasteiger partial charge in [0.25, 0.3) is 0 Å². The van der Waals surface area contributed by atoms with Crippen molar-refractivity contribution in [2.45, 2.75) is 25.2 Å². The predicted molar refractivity (Wildman–Crippen MR) is 323 cm³/mol. The van der Waals surface area contributed by atoms with Gasteiger partial charge in [-0.1, -0.05) is 131 Å². The Balaban J connectivity index is 0.000000278. The number of carbonyl (C=O) groups is 2. The van der Waals surface area contributed by atoms with Crippen LogP contribution in [-0.2, 0) is 22.7 Å². The third kappa shape index (κ3) is 19.8. The van der Waals surface area contributed by atoms with Crippen LogP contribution in [0, 0.1) is 0 Å². The molecule has 364 valence electrons. The molecule has 9 nitrogen and oxygen atoms in total. The fraction of sp³-hybridized carbons (Fsp3) is 0.292. The first-order valence-corrected chi connectivity index (χ1v) is 41.1. The molecule has 0 saturated carbocycles. The van der Waals surface area contributed by atoms with Crippen molar-refractivity contribution in [3.05, 3.63) is 164 Å². The molecule has 4 N–H and O–H groups in total. The second-order valence-corrected chi connectivity index (χ2v) is 33.5. The molecule has 2 fully saturated rings. The van der Waals surface area contributed by atoms with Crippen LogP contribution in [0.2, 0.25) is 20.1 Å². The number of piperazine rings is 2. The van der Waals surface area contributed by atoms with Crippen molar-refractivity contribution in [3.63, 3.8) is 0 Å². The van der Waals surface area contributed by atoms with E-state index >= 15 is 0 Å². The number of carboxylic acids is 1. The van der Waals surface area contributed by atoms with Gasteiger partial charge in [-0.3, -0.25) is 19.4 Å². The molecule has 6 aromatic rings. The third-order valence-electron chi connectivity index (χ3n) is 11.1. The van der Waals surface area contributed by atoms with Crippen LogP contribution in [0.3, 0.4) is 0 Å². The molecule has 2 atom stereocenters. The minimum atomic E-state index is -0.768. The summed E-state index contributed by atoms with van der Waals surface area (Å²) in [5.41, 5.74) is 9.15. The number of nitrogens with two attached hydrogens (primary N) is 1. The minimum Gasteiger partial charge on any atom is -0.326 e. The van der Waals surface area contributed by atoms with Gasteiger partial charge < -0.3 is 26.0 Å². The van der Waals surface area contributed by atoms with Crippen molar-refractivity contribution in [3.8, 4) is 0 Å². The van der Waals surface area contributed by atoms with Gasteiger partial charge >= 0.3 is 56.5 Å². The number of halogens is 10. The summed E-state index contributed by atoms with van der Waals surface area (Å²) in [5, 5.41) is 19.6. The summed E-state index contributed by atoms with van der Waals surface area (Å²) in [7, 11) is 4.19. The van der Waals surface area contributed by atoms with Crippen molar-refractivity contribution < 1.29 is 28.0 Å². The van der Waals surface area contributed by atoms with Crippen molar-refractivity contribution in [1.29, 1.82) is 0 Å². The summed E-state index contributed by atoms with van der Waals surface area (Å²) in [6.07, 6.45) is 0. The monoisotopic (exact) mass is 1660 g/mol. The number of likely N-dealkylation sites (N-methyl/N-ethyl adjacent to an activating group) is 2. The van der Waals surface area contributed by atoms with Gasteiger partial charge in [0.1, 0.15) is 12.1 Å². The molecule has 67 heavy (non-hydrogen) atoms. The van der Waals surface area contributed by atoms with Gasteiger partial charge in [-0.25, -0.2) is 0 Å². The molecule has 2 aliphatic heterocycles. The van der Waals surface area contributed by atoms with E-state index in [-0.39, 0.29) is 35.9 Å². The number of hydrogen-bond acceptors (Lipinski definition) is 7. The summed E-state index contributed by atoms with van der Waals surface area (Å²) in [4.78, 5) is 34.2. The van der Waals surface area contributed by atoms with Crippen LogP contribution in [-0.4, -0.2) is 103 Å². The van der Waals surface area contributed by atoms with E-state index in [0.717, 1.165) is 96.2 Å². The fourth-order valence-corrected chi connectivity index (χ4v) is 9.00. The van der Waals surface area contributed by atoms with Gasteiger partial charge in [-0.05, 0) is 94.3 Å². The predicted octanol–water partition coefficient (Wildman–Crippen LogP) is 10.6. The molecular formula is C48H53Cl4I6N6O3-. The Bertz CT molecular complexity index is 2420. The SMILES string of the molecule is CN1CCN(C(C(=O)NCc2cc(Cl)cc(Cl)c2)c2cccc3ccccc23)CC1.CN1CCN(C(C(=O)O)c2cccc3ccccc23)CC1.I.II.I[I-]I.NCc1cc(Cl)cc(Cl)c1. The standard InChI is InChI=1S/C24H25Cl2N3O.C17H20N2O2.C7H7Cl2N.I3.I2.HI/c1-28-9-11-29(12-10-28)23(22-8-4-6-18-5-2-3-7-21(18)22)24(30)27-16-17-13-19(25)15-20(26)14-17;1-18-9-11-19(12-10-18)16(17(20)21)15-8-4-6-13-5-2-3-7-14(13)15;8-6-1-5(4-10)2-7(9)3-6;1-3-2;1-2;/h2-8,13-15,23H,9-12,16H2,1H3,(H,27,30);2-8,16H,9-12H2,1H3,(H,20,21);1-3H,4,10H2;;;1H/q;;;-1;;. The molecule has 2 heterocycles. The molecule has 19 heteroatoms. The second kappa shape index (κ2) is 33.0. The third-order valence-corrected chi connectivity index (χ3v) is 11.9. The number of nitrogens with zero attached hydrogens (tertiary/aromatic N) is 4.